The molecular weight excluding hydrogens is 412 g/mol. The van der Waals surface area contributed by atoms with Gasteiger partial charge in [0.15, 0.2) is 0 Å². The fourth-order valence-corrected chi connectivity index (χ4v) is 4.58. The fourth-order valence-electron chi connectivity index (χ4n) is 2.63. The lowest BCUT2D eigenvalue weighted by Crippen LogP contribution is -2.21. The minimum absolute atomic E-state index is 0.0746. The smallest absolute Gasteiger partial charge is 0.266 e. The molecule has 6 nitrogen and oxygen atoms in total. The van der Waals surface area contributed by atoms with Crippen LogP contribution in [-0.2, 0) is 28.6 Å². The number of hydrogen-bond acceptors (Lipinski definition) is 6. The number of rotatable bonds is 11. The third-order valence-electron chi connectivity index (χ3n) is 4.50. The molecule has 2 aromatic rings. The molecule has 8 heteroatoms. The lowest BCUT2D eigenvalue weighted by molar-refractivity contribution is 0.175. The minimum Gasteiger partial charge on any atom is -0.266 e. The Morgan fingerprint density at radius 3 is 1.45 bits per heavy atom. The van der Waals surface area contributed by atoms with E-state index in [0.717, 1.165) is 24.0 Å². The summed E-state index contributed by atoms with van der Waals surface area (Å²) in [4.78, 5) is 0.149. The molecule has 0 radical (unpaired) electrons. The van der Waals surface area contributed by atoms with Crippen LogP contribution >= 0.6 is 0 Å². The van der Waals surface area contributed by atoms with Gasteiger partial charge in [0, 0.05) is 5.92 Å². The minimum atomic E-state index is -3.91. The molecular formula is C21H28O6S2. The van der Waals surface area contributed by atoms with E-state index < -0.39 is 20.2 Å². The number of benzene rings is 2. The van der Waals surface area contributed by atoms with Gasteiger partial charge in [-0.3, -0.25) is 8.37 Å². The molecule has 0 amide bonds. The zero-order chi connectivity index (χ0) is 21.5. The second kappa shape index (κ2) is 10.3. The molecule has 0 unspecified atom stereocenters. The van der Waals surface area contributed by atoms with Crippen molar-refractivity contribution in [3.05, 3.63) is 59.7 Å². The summed E-state index contributed by atoms with van der Waals surface area (Å²) < 4.78 is 60.0. The molecule has 0 aliphatic rings. The van der Waals surface area contributed by atoms with Gasteiger partial charge in [0.1, 0.15) is 0 Å². The Balaban J connectivity index is 2.03. The molecule has 0 fully saturated rings. The quantitative estimate of drug-likeness (QED) is 0.486. The molecule has 0 heterocycles. The van der Waals surface area contributed by atoms with Crippen molar-refractivity contribution in [1.82, 2.24) is 0 Å². The predicted molar refractivity (Wildman–Crippen MR) is 112 cm³/mol. The summed E-state index contributed by atoms with van der Waals surface area (Å²) in [6, 6.07) is 12.7. The molecule has 0 atom stereocenters. The van der Waals surface area contributed by atoms with Crippen molar-refractivity contribution in [1.29, 1.82) is 0 Å². The Labute approximate surface area is 174 Å². The van der Waals surface area contributed by atoms with E-state index in [-0.39, 0.29) is 28.9 Å². The summed E-state index contributed by atoms with van der Waals surface area (Å²) in [5, 5.41) is 0. The molecule has 2 aromatic carbocycles. The monoisotopic (exact) mass is 440 g/mol. The topological polar surface area (TPSA) is 86.7 Å². The van der Waals surface area contributed by atoms with Crippen molar-refractivity contribution in [2.24, 2.45) is 5.92 Å². The van der Waals surface area contributed by atoms with E-state index in [0.29, 0.717) is 6.42 Å². The molecule has 0 aliphatic carbocycles. The van der Waals surface area contributed by atoms with Crippen LogP contribution in [0.2, 0.25) is 0 Å². The first-order chi connectivity index (χ1) is 13.6. The first-order valence-electron chi connectivity index (χ1n) is 9.56. The standard InChI is InChI=1S/C21H28O6S2/c1-4-5-6-19(15-26-28(22,23)20-11-7-17(2)8-12-20)16-27-29(24,25)21-13-9-18(3)10-14-21/h7-14,19H,4-6,15-16H2,1-3H3. The van der Waals surface area contributed by atoms with Crippen molar-refractivity contribution in [2.45, 2.75) is 49.8 Å². The van der Waals surface area contributed by atoms with Crippen molar-refractivity contribution in [3.8, 4) is 0 Å². The van der Waals surface area contributed by atoms with Gasteiger partial charge in [0.05, 0.1) is 23.0 Å². The normalized spacial score (nSPS) is 12.4. The van der Waals surface area contributed by atoms with Crippen LogP contribution in [0.15, 0.2) is 58.3 Å². The zero-order valence-electron chi connectivity index (χ0n) is 17.0. The molecule has 0 saturated heterocycles. The Morgan fingerprint density at radius 2 is 1.10 bits per heavy atom. The van der Waals surface area contributed by atoms with E-state index in [1.54, 1.807) is 24.3 Å². The number of unbranched alkanes of at least 4 members (excludes halogenated alkanes) is 1. The molecule has 0 aliphatic heterocycles. The first-order valence-corrected chi connectivity index (χ1v) is 12.4. The molecule has 2 rings (SSSR count). The third-order valence-corrected chi connectivity index (χ3v) is 7.09. The van der Waals surface area contributed by atoms with Crippen molar-refractivity contribution < 1.29 is 25.2 Å². The van der Waals surface area contributed by atoms with Crippen molar-refractivity contribution in [3.63, 3.8) is 0 Å². The molecule has 0 aromatic heterocycles. The van der Waals surface area contributed by atoms with Gasteiger partial charge in [0.25, 0.3) is 20.2 Å². The Kier molecular flexibility index (Phi) is 8.39. The third kappa shape index (κ3) is 7.22. The highest BCUT2D eigenvalue weighted by Gasteiger charge is 2.22. The molecule has 0 bridgehead atoms. The van der Waals surface area contributed by atoms with Crippen LogP contribution in [0.1, 0.15) is 37.3 Å². The SMILES string of the molecule is CCCCC(COS(=O)(=O)c1ccc(C)cc1)COS(=O)(=O)c1ccc(C)cc1. The number of aryl methyl sites for hydroxylation is 2. The van der Waals surface area contributed by atoms with Gasteiger partial charge < -0.3 is 0 Å². The molecule has 0 spiro atoms. The van der Waals surface area contributed by atoms with E-state index in [1.165, 1.54) is 24.3 Å². The second-order valence-electron chi connectivity index (χ2n) is 7.11. The Hall–Kier alpha value is -1.74. The lowest BCUT2D eigenvalue weighted by Gasteiger charge is -2.17. The van der Waals surface area contributed by atoms with E-state index in [1.807, 2.05) is 20.8 Å². The van der Waals surface area contributed by atoms with E-state index in [9.17, 15) is 16.8 Å². The summed E-state index contributed by atoms with van der Waals surface area (Å²) in [6.45, 7) is 5.46. The van der Waals surface area contributed by atoms with Gasteiger partial charge in [-0.25, -0.2) is 0 Å². The Bertz CT molecular complexity index is 899. The zero-order valence-corrected chi connectivity index (χ0v) is 18.6. The van der Waals surface area contributed by atoms with E-state index >= 15 is 0 Å². The van der Waals surface area contributed by atoms with Gasteiger partial charge in [0.2, 0.25) is 0 Å². The van der Waals surface area contributed by atoms with Crippen LogP contribution in [0.4, 0.5) is 0 Å². The van der Waals surface area contributed by atoms with Crippen LogP contribution in [0, 0.1) is 19.8 Å². The maximum atomic E-state index is 12.4. The Morgan fingerprint density at radius 1 is 0.724 bits per heavy atom. The highest BCUT2D eigenvalue weighted by atomic mass is 32.2. The average molecular weight is 441 g/mol. The molecule has 160 valence electrons. The summed E-state index contributed by atoms with van der Waals surface area (Å²) >= 11 is 0. The fraction of sp³-hybridized carbons (Fsp3) is 0.429. The molecule has 0 saturated carbocycles. The summed E-state index contributed by atoms with van der Waals surface area (Å²) in [7, 11) is -7.83. The van der Waals surface area contributed by atoms with Gasteiger partial charge >= 0.3 is 0 Å². The van der Waals surface area contributed by atoms with Crippen LogP contribution in [0.3, 0.4) is 0 Å². The lowest BCUT2D eigenvalue weighted by atomic mass is 10.0. The van der Waals surface area contributed by atoms with E-state index in [2.05, 4.69) is 0 Å². The average Bonchev–Trinajstić information content (AvgIpc) is 2.68. The largest absolute Gasteiger partial charge is 0.296 e. The van der Waals surface area contributed by atoms with Crippen molar-refractivity contribution >= 4 is 20.2 Å². The van der Waals surface area contributed by atoms with Gasteiger partial charge in [-0.2, -0.15) is 16.8 Å². The molecule has 0 N–H and O–H groups in total. The summed E-state index contributed by atoms with van der Waals surface area (Å²) in [5.74, 6) is -0.365. The maximum Gasteiger partial charge on any atom is 0.296 e. The van der Waals surface area contributed by atoms with Crippen LogP contribution in [0.5, 0.6) is 0 Å². The predicted octanol–water partition coefficient (Wildman–Crippen LogP) is 4.22. The first kappa shape index (κ1) is 23.5. The van der Waals surface area contributed by atoms with Crippen LogP contribution < -0.4 is 0 Å². The van der Waals surface area contributed by atoms with Gasteiger partial charge in [-0.1, -0.05) is 55.2 Å². The van der Waals surface area contributed by atoms with Gasteiger partial charge in [-0.15, -0.1) is 0 Å². The van der Waals surface area contributed by atoms with E-state index in [4.69, 9.17) is 8.37 Å². The van der Waals surface area contributed by atoms with Gasteiger partial charge in [-0.05, 0) is 44.5 Å². The highest BCUT2D eigenvalue weighted by Crippen LogP contribution is 2.19. The van der Waals surface area contributed by atoms with Crippen molar-refractivity contribution in [2.75, 3.05) is 13.2 Å². The summed E-state index contributed by atoms with van der Waals surface area (Å²) in [6.07, 6.45) is 2.31. The second-order valence-corrected chi connectivity index (χ2v) is 10.3. The van der Waals surface area contributed by atoms with Crippen LogP contribution in [-0.4, -0.2) is 30.0 Å². The number of hydrogen-bond donors (Lipinski definition) is 0. The summed E-state index contributed by atoms with van der Waals surface area (Å²) in [5.41, 5.74) is 1.89. The maximum absolute atomic E-state index is 12.4. The van der Waals surface area contributed by atoms with Crippen LogP contribution in [0.25, 0.3) is 0 Å². The highest BCUT2D eigenvalue weighted by molar-refractivity contribution is 7.87. The molecule has 29 heavy (non-hydrogen) atoms.